The summed E-state index contributed by atoms with van der Waals surface area (Å²) < 4.78 is 5.23. The van der Waals surface area contributed by atoms with E-state index < -0.39 is 0 Å². The fourth-order valence-corrected chi connectivity index (χ4v) is 2.82. The van der Waals surface area contributed by atoms with Gasteiger partial charge in [-0.15, -0.1) is 0 Å². The van der Waals surface area contributed by atoms with E-state index >= 15 is 0 Å². The molecule has 7 nitrogen and oxygen atoms in total. The van der Waals surface area contributed by atoms with Crippen LogP contribution < -0.4 is 5.32 Å². The van der Waals surface area contributed by atoms with Crippen LogP contribution in [-0.4, -0.2) is 26.2 Å². The van der Waals surface area contributed by atoms with Gasteiger partial charge in [0.05, 0.1) is 5.69 Å². The van der Waals surface area contributed by atoms with E-state index in [2.05, 4.69) is 25.7 Å². The van der Waals surface area contributed by atoms with Crippen LogP contribution in [0.25, 0.3) is 22.6 Å². The molecule has 0 aliphatic rings. The maximum atomic E-state index is 12.3. The molecule has 28 heavy (non-hydrogen) atoms. The van der Waals surface area contributed by atoms with Gasteiger partial charge >= 0.3 is 0 Å². The molecule has 0 saturated heterocycles. The van der Waals surface area contributed by atoms with Crippen LogP contribution in [0.1, 0.15) is 12.3 Å². The van der Waals surface area contributed by atoms with E-state index in [-0.39, 0.29) is 12.3 Å². The number of amides is 1. The zero-order valence-corrected chi connectivity index (χ0v) is 15.5. The second-order valence-corrected chi connectivity index (χ2v) is 6.55. The molecule has 0 aliphatic carbocycles. The lowest BCUT2D eigenvalue weighted by molar-refractivity contribution is -0.116. The van der Waals surface area contributed by atoms with Crippen molar-refractivity contribution in [1.82, 2.24) is 20.3 Å². The van der Waals surface area contributed by atoms with Crippen molar-refractivity contribution in [2.45, 2.75) is 12.8 Å². The first kappa shape index (κ1) is 17.9. The highest BCUT2D eigenvalue weighted by molar-refractivity contribution is 6.30. The normalized spacial score (nSPS) is 10.8. The Morgan fingerprint density at radius 2 is 1.96 bits per heavy atom. The van der Waals surface area contributed by atoms with Crippen LogP contribution >= 0.6 is 11.6 Å². The molecule has 0 aliphatic heterocycles. The van der Waals surface area contributed by atoms with Gasteiger partial charge in [-0.1, -0.05) is 28.9 Å². The summed E-state index contributed by atoms with van der Waals surface area (Å²) >= 11 is 5.88. The second-order valence-electron chi connectivity index (χ2n) is 6.12. The van der Waals surface area contributed by atoms with Crippen molar-refractivity contribution in [3.05, 3.63) is 71.7 Å². The fourth-order valence-electron chi connectivity index (χ4n) is 2.70. The molecule has 0 atom stereocenters. The highest BCUT2D eigenvalue weighted by Crippen LogP contribution is 2.21. The van der Waals surface area contributed by atoms with Crippen LogP contribution in [-0.2, 0) is 11.2 Å². The average Bonchev–Trinajstić information content (AvgIpc) is 3.40. The molecule has 0 spiro atoms. The molecule has 1 amide bonds. The molecule has 2 heterocycles. The summed E-state index contributed by atoms with van der Waals surface area (Å²) in [5.41, 5.74) is 3.35. The topological polar surface area (TPSA) is 96.7 Å². The summed E-state index contributed by atoms with van der Waals surface area (Å²) in [5, 5.41) is 14.3. The number of carbonyl (C=O) groups is 1. The first-order valence-corrected chi connectivity index (χ1v) is 9.03. The molecule has 0 radical (unpaired) electrons. The van der Waals surface area contributed by atoms with E-state index in [1.165, 1.54) is 0 Å². The Morgan fingerprint density at radius 1 is 1.11 bits per heavy atom. The van der Waals surface area contributed by atoms with E-state index in [0.717, 1.165) is 16.8 Å². The maximum Gasteiger partial charge on any atom is 0.227 e. The van der Waals surface area contributed by atoms with E-state index in [4.69, 9.17) is 16.1 Å². The zero-order valence-electron chi connectivity index (χ0n) is 14.7. The van der Waals surface area contributed by atoms with Crippen molar-refractivity contribution in [2.75, 3.05) is 5.32 Å². The van der Waals surface area contributed by atoms with Crippen molar-refractivity contribution in [3.8, 4) is 22.6 Å². The number of aromatic amines is 1. The predicted molar refractivity (Wildman–Crippen MR) is 106 cm³/mol. The number of hydrogen-bond acceptors (Lipinski definition) is 5. The smallest absolute Gasteiger partial charge is 0.227 e. The summed E-state index contributed by atoms with van der Waals surface area (Å²) in [5.74, 6) is 0.749. The maximum absolute atomic E-state index is 12.3. The van der Waals surface area contributed by atoms with Gasteiger partial charge in [0, 0.05) is 40.9 Å². The highest BCUT2D eigenvalue weighted by Gasteiger charge is 2.11. The van der Waals surface area contributed by atoms with E-state index in [9.17, 15) is 4.79 Å². The van der Waals surface area contributed by atoms with Gasteiger partial charge in [0.15, 0.2) is 0 Å². The minimum absolute atomic E-state index is 0.131. The Kier molecular flexibility index (Phi) is 5.16. The molecule has 8 heteroatoms. The monoisotopic (exact) mass is 393 g/mol. The lowest BCUT2D eigenvalue weighted by Gasteiger charge is -2.06. The molecule has 2 aromatic carbocycles. The van der Waals surface area contributed by atoms with Crippen LogP contribution in [0.5, 0.6) is 0 Å². The van der Waals surface area contributed by atoms with Crippen molar-refractivity contribution < 1.29 is 9.32 Å². The van der Waals surface area contributed by atoms with Gasteiger partial charge in [-0.05, 0) is 42.5 Å². The number of rotatable bonds is 6. The highest BCUT2D eigenvalue weighted by atomic mass is 35.5. The number of H-pyrrole nitrogens is 1. The van der Waals surface area contributed by atoms with Crippen LogP contribution in [0.2, 0.25) is 5.02 Å². The van der Waals surface area contributed by atoms with Crippen LogP contribution in [0, 0.1) is 0 Å². The molecule has 0 unspecified atom stereocenters. The van der Waals surface area contributed by atoms with E-state index in [0.29, 0.717) is 28.8 Å². The molecular formula is C20H16ClN5O2. The summed E-state index contributed by atoms with van der Waals surface area (Å²) in [6.45, 7) is 0. The summed E-state index contributed by atoms with van der Waals surface area (Å²) in [4.78, 5) is 16.6. The molecule has 2 N–H and O–H groups in total. The minimum atomic E-state index is -0.131. The van der Waals surface area contributed by atoms with Crippen molar-refractivity contribution in [3.63, 3.8) is 0 Å². The number of nitrogens with zero attached hydrogens (tertiary/aromatic N) is 3. The first-order chi connectivity index (χ1) is 13.7. The first-order valence-electron chi connectivity index (χ1n) is 8.65. The molecule has 0 fully saturated rings. The summed E-state index contributed by atoms with van der Waals surface area (Å²) in [6.07, 6.45) is 2.27. The van der Waals surface area contributed by atoms with Crippen LogP contribution in [0.3, 0.4) is 0 Å². The molecule has 4 rings (SSSR count). The number of nitrogens with one attached hydrogen (secondary N) is 2. The Hall–Kier alpha value is -3.45. The number of halogens is 1. The number of aromatic nitrogens is 4. The Bertz CT molecular complexity index is 1070. The van der Waals surface area contributed by atoms with Gasteiger partial charge in [-0.2, -0.15) is 10.1 Å². The number of carbonyl (C=O) groups excluding carboxylic acids is 1. The Morgan fingerprint density at radius 3 is 2.75 bits per heavy atom. The zero-order chi connectivity index (χ0) is 19.3. The molecule has 0 bridgehead atoms. The average molecular weight is 394 g/mol. The molecule has 140 valence electrons. The third kappa shape index (κ3) is 4.27. The second kappa shape index (κ2) is 8.06. The van der Waals surface area contributed by atoms with Crippen molar-refractivity contribution in [2.24, 2.45) is 0 Å². The minimum Gasteiger partial charge on any atom is -0.339 e. The van der Waals surface area contributed by atoms with Gasteiger partial charge < -0.3 is 9.84 Å². The standard InChI is InChI=1S/C20H16ClN5O2/c21-15-6-4-13(5-7-15)20-24-19(28-26-20)9-8-18(27)23-16-3-1-2-14(12-16)17-10-11-22-25-17/h1-7,10-12H,8-9H2,(H,22,25)(H,23,27). The molecule has 0 saturated carbocycles. The Balaban J connectivity index is 1.35. The SMILES string of the molecule is O=C(CCc1nc(-c2ccc(Cl)cc2)no1)Nc1cccc(-c2ccn[nH]2)c1. The molecular weight excluding hydrogens is 378 g/mol. The number of aryl methyl sites for hydroxylation is 1. The number of anilines is 1. The van der Waals surface area contributed by atoms with Crippen molar-refractivity contribution >= 4 is 23.2 Å². The van der Waals surface area contributed by atoms with Crippen LogP contribution in [0.4, 0.5) is 5.69 Å². The van der Waals surface area contributed by atoms with Gasteiger partial charge in [0.1, 0.15) is 0 Å². The third-order valence-electron chi connectivity index (χ3n) is 4.09. The lowest BCUT2D eigenvalue weighted by Crippen LogP contribution is -2.12. The molecule has 2 aromatic heterocycles. The number of benzene rings is 2. The van der Waals surface area contributed by atoms with Gasteiger partial charge in [0.2, 0.25) is 17.6 Å². The van der Waals surface area contributed by atoms with Gasteiger partial charge in [-0.3, -0.25) is 9.89 Å². The van der Waals surface area contributed by atoms with Gasteiger partial charge in [-0.25, -0.2) is 0 Å². The lowest BCUT2D eigenvalue weighted by atomic mass is 10.1. The van der Waals surface area contributed by atoms with Crippen LogP contribution in [0.15, 0.2) is 65.3 Å². The summed E-state index contributed by atoms with van der Waals surface area (Å²) in [6, 6.07) is 16.6. The van der Waals surface area contributed by atoms with Crippen molar-refractivity contribution in [1.29, 1.82) is 0 Å². The molecule has 4 aromatic rings. The van der Waals surface area contributed by atoms with Gasteiger partial charge in [0.25, 0.3) is 0 Å². The third-order valence-corrected chi connectivity index (χ3v) is 4.35. The van der Waals surface area contributed by atoms with E-state index in [1.807, 2.05) is 42.5 Å². The van der Waals surface area contributed by atoms with E-state index in [1.54, 1.807) is 18.3 Å². The fraction of sp³-hybridized carbons (Fsp3) is 0.100. The Labute approximate surface area is 165 Å². The number of hydrogen-bond donors (Lipinski definition) is 2. The quantitative estimate of drug-likeness (QED) is 0.507. The summed E-state index contributed by atoms with van der Waals surface area (Å²) in [7, 11) is 0. The predicted octanol–water partition coefficient (Wildman–Crippen LogP) is 4.35. The largest absolute Gasteiger partial charge is 0.339 e.